The van der Waals surface area contributed by atoms with Gasteiger partial charge in [-0.05, 0) is 50.1 Å². The first-order chi connectivity index (χ1) is 8.63. The summed E-state index contributed by atoms with van der Waals surface area (Å²) in [5.74, 6) is 0. The van der Waals surface area contributed by atoms with Crippen molar-refractivity contribution in [3.63, 3.8) is 0 Å². The first kappa shape index (κ1) is 12.9. The Bertz CT molecular complexity index is 500. The number of hydrogen-bond acceptors (Lipinski definition) is 2. The predicted molar refractivity (Wildman–Crippen MR) is 77.4 cm³/mol. The zero-order valence-electron chi connectivity index (χ0n) is 10.7. The van der Waals surface area contributed by atoms with Crippen LogP contribution in [0.5, 0.6) is 0 Å². The Morgan fingerprint density at radius 2 is 1.67 bits per heavy atom. The fourth-order valence-corrected chi connectivity index (χ4v) is 2.06. The van der Waals surface area contributed by atoms with Gasteiger partial charge in [0.25, 0.3) is 0 Å². The van der Waals surface area contributed by atoms with E-state index in [0.29, 0.717) is 0 Å². The molecule has 0 spiro atoms. The predicted octanol–water partition coefficient (Wildman–Crippen LogP) is 4.01. The van der Waals surface area contributed by atoms with E-state index in [-0.39, 0.29) is 0 Å². The third-order valence-corrected chi connectivity index (χ3v) is 2.99. The van der Waals surface area contributed by atoms with Crippen LogP contribution in [0.25, 0.3) is 0 Å². The average molecular weight is 261 g/mol. The van der Waals surface area contributed by atoms with Crippen molar-refractivity contribution in [2.75, 3.05) is 11.9 Å². The maximum Gasteiger partial charge on any atom is 0.0406 e. The van der Waals surface area contributed by atoms with Crippen molar-refractivity contribution in [2.45, 2.75) is 20.3 Å². The van der Waals surface area contributed by atoms with Crippen molar-refractivity contribution in [3.05, 3.63) is 58.4 Å². The van der Waals surface area contributed by atoms with Crippen molar-refractivity contribution < 1.29 is 0 Å². The molecular weight excluding hydrogens is 244 g/mol. The Morgan fingerprint density at radius 3 is 2.28 bits per heavy atom. The molecule has 1 heterocycles. The second-order valence-corrected chi connectivity index (χ2v) is 4.88. The van der Waals surface area contributed by atoms with Gasteiger partial charge < -0.3 is 5.32 Å². The highest BCUT2D eigenvalue weighted by molar-refractivity contribution is 6.30. The molecule has 0 unspecified atom stereocenters. The molecule has 3 heteroatoms. The Hall–Kier alpha value is -1.54. The molecule has 0 fully saturated rings. The average Bonchev–Trinajstić information content (AvgIpc) is 2.30. The molecule has 1 N–H and O–H groups in total. The molecule has 0 aliphatic rings. The number of aromatic nitrogens is 1. The number of rotatable bonds is 4. The van der Waals surface area contributed by atoms with Gasteiger partial charge in [0.2, 0.25) is 0 Å². The number of pyridine rings is 1. The molecule has 2 rings (SSSR count). The lowest BCUT2D eigenvalue weighted by Gasteiger charge is -2.08. The maximum atomic E-state index is 5.85. The van der Waals surface area contributed by atoms with Crippen molar-refractivity contribution >= 4 is 17.3 Å². The molecule has 18 heavy (non-hydrogen) atoms. The Morgan fingerprint density at radius 1 is 1.06 bits per heavy atom. The summed E-state index contributed by atoms with van der Waals surface area (Å²) in [6, 6.07) is 12.1. The van der Waals surface area contributed by atoms with E-state index in [4.69, 9.17) is 11.6 Å². The highest BCUT2D eigenvalue weighted by Gasteiger charge is 1.97. The summed E-state index contributed by atoms with van der Waals surface area (Å²) < 4.78 is 0. The van der Waals surface area contributed by atoms with Gasteiger partial charge in [0.1, 0.15) is 0 Å². The van der Waals surface area contributed by atoms with E-state index in [9.17, 15) is 0 Å². The van der Waals surface area contributed by atoms with Crippen LogP contribution in [0.15, 0.2) is 36.4 Å². The number of hydrogen-bond donors (Lipinski definition) is 1. The van der Waals surface area contributed by atoms with Crippen molar-refractivity contribution in [1.29, 1.82) is 0 Å². The van der Waals surface area contributed by atoms with Crippen molar-refractivity contribution in [2.24, 2.45) is 0 Å². The summed E-state index contributed by atoms with van der Waals surface area (Å²) >= 11 is 5.85. The summed E-state index contributed by atoms with van der Waals surface area (Å²) in [5.41, 5.74) is 4.51. The number of halogens is 1. The molecule has 1 aromatic carbocycles. The number of benzene rings is 1. The first-order valence-corrected chi connectivity index (χ1v) is 6.45. The highest BCUT2D eigenvalue weighted by atomic mass is 35.5. The lowest BCUT2D eigenvalue weighted by Crippen LogP contribution is -2.05. The summed E-state index contributed by atoms with van der Waals surface area (Å²) in [6.45, 7) is 4.93. The van der Waals surface area contributed by atoms with Crippen LogP contribution in [-0.4, -0.2) is 11.5 Å². The van der Waals surface area contributed by atoms with Gasteiger partial charge >= 0.3 is 0 Å². The van der Waals surface area contributed by atoms with E-state index in [1.165, 1.54) is 5.56 Å². The van der Waals surface area contributed by atoms with E-state index < -0.39 is 0 Å². The van der Waals surface area contributed by atoms with E-state index in [0.717, 1.165) is 35.1 Å². The zero-order chi connectivity index (χ0) is 13.0. The molecule has 2 aromatic rings. The second kappa shape index (κ2) is 5.87. The third-order valence-electron chi connectivity index (χ3n) is 2.74. The Labute approximate surface area is 113 Å². The molecule has 0 radical (unpaired) electrons. The maximum absolute atomic E-state index is 5.85. The van der Waals surface area contributed by atoms with Gasteiger partial charge in [-0.15, -0.1) is 0 Å². The standard InChI is InChI=1S/C15H17ClN2/c1-11-9-15(10-12(2)18-11)17-8-7-13-3-5-14(16)6-4-13/h3-6,9-10H,7-8H2,1-2H3,(H,17,18). The molecule has 0 amide bonds. The van der Waals surface area contributed by atoms with E-state index in [1.54, 1.807) is 0 Å². The van der Waals surface area contributed by atoms with Crippen LogP contribution in [0.1, 0.15) is 17.0 Å². The van der Waals surface area contributed by atoms with Crippen LogP contribution in [0, 0.1) is 13.8 Å². The van der Waals surface area contributed by atoms with E-state index >= 15 is 0 Å². The Balaban J connectivity index is 1.90. The normalized spacial score (nSPS) is 10.4. The van der Waals surface area contributed by atoms with E-state index in [1.807, 2.05) is 26.0 Å². The van der Waals surface area contributed by atoms with Gasteiger partial charge in [-0.1, -0.05) is 23.7 Å². The minimum Gasteiger partial charge on any atom is -0.385 e. The van der Waals surface area contributed by atoms with Gasteiger partial charge in [-0.2, -0.15) is 0 Å². The van der Waals surface area contributed by atoms with Gasteiger partial charge in [-0.3, -0.25) is 4.98 Å². The molecule has 94 valence electrons. The fraction of sp³-hybridized carbons (Fsp3) is 0.267. The topological polar surface area (TPSA) is 24.9 Å². The van der Waals surface area contributed by atoms with Gasteiger partial charge in [0.05, 0.1) is 0 Å². The minimum absolute atomic E-state index is 0.784. The van der Waals surface area contributed by atoms with Crippen LogP contribution >= 0.6 is 11.6 Å². The fourth-order valence-electron chi connectivity index (χ4n) is 1.94. The lowest BCUT2D eigenvalue weighted by molar-refractivity contribution is 1.01. The molecule has 0 atom stereocenters. The van der Waals surface area contributed by atoms with E-state index in [2.05, 4.69) is 34.6 Å². The van der Waals surface area contributed by atoms with Gasteiger partial charge in [-0.25, -0.2) is 0 Å². The minimum atomic E-state index is 0.784. The van der Waals surface area contributed by atoms with Crippen LogP contribution in [0.4, 0.5) is 5.69 Å². The molecule has 0 saturated carbocycles. The zero-order valence-corrected chi connectivity index (χ0v) is 11.5. The SMILES string of the molecule is Cc1cc(NCCc2ccc(Cl)cc2)cc(C)n1. The molecular formula is C15H17ClN2. The molecule has 0 aliphatic carbocycles. The highest BCUT2D eigenvalue weighted by Crippen LogP contribution is 2.12. The number of nitrogens with zero attached hydrogens (tertiary/aromatic N) is 1. The Kier molecular flexibility index (Phi) is 4.21. The number of anilines is 1. The van der Waals surface area contributed by atoms with Crippen LogP contribution in [-0.2, 0) is 6.42 Å². The molecule has 0 bridgehead atoms. The summed E-state index contributed by atoms with van der Waals surface area (Å²) in [5, 5.41) is 4.20. The summed E-state index contributed by atoms with van der Waals surface area (Å²) in [6.07, 6.45) is 0.984. The molecule has 0 saturated heterocycles. The molecule has 2 nitrogen and oxygen atoms in total. The lowest BCUT2D eigenvalue weighted by atomic mass is 10.1. The van der Waals surface area contributed by atoms with Crippen LogP contribution < -0.4 is 5.32 Å². The number of aryl methyl sites for hydroxylation is 2. The first-order valence-electron chi connectivity index (χ1n) is 6.07. The largest absolute Gasteiger partial charge is 0.385 e. The molecule has 0 aliphatic heterocycles. The van der Waals surface area contributed by atoms with Crippen molar-refractivity contribution in [3.8, 4) is 0 Å². The van der Waals surface area contributed by atoms with Crippen molar-refractivity contribution in [1.82, 2.24) is 4.98 Å². The van der Waals surface area contributed by atoms with Gasteiger partial charge in [0.15, 0.2) is 0 Å². The second-order valence-electron chi connectivity index (χ2n) is 4.44. The van der Waals surface area contributed by atoms with Gasteiger partial charge in [0, 0.05) is 28.6 Å². The summed E-state index contributed by atoms with van der Waals surface area (Å²) in [7, 11) is 0. The third kappa shape index (κ3) is 3.74. The van der Waals surface area contributed by atoms with Crippen LogP contribution in [0.2, 0.25) is 5.02 Å². The summed E-state index contributed by atoms with van der Waals surface area (Å²) in [4.78, 5) is 4.36. The number of nitrogens with one attached hydrogen (secondary N) is 1. The molecule has 1 aromatic heterocycles. The smallest absolute Gasteiger partial charge is 0.0406 e. The quantitative estimate of drug-likeness (QED) is 0.899. The monoisotopic (exact) mass is 260 g/mol. The van der Waals surface area contributed by atoms with Crippen LogP contribution in [0.3, 0.4) is 0 Å².